The number of methoxy groups -OCH3 is 1. The second-order valence-corrected chi connectivity index (χ2v) is 7.31. The first-order chi connectivity index (χ1) is 11.7. The first-order valence-electron chi connectivity index (χ1n) is 8.23. The van der Waals surface area contributed by atoms with Crippen LogP contribution in [0.1, 0.15) is 33.1 Å². The van der Waals surface area contributed by atoms with Gasteiger partial charge in [-0.2, -0.15) is 11.8 Å². The highest BCUT2D eigenvalue weighted by Crippen LogP contribution is 2.31. The van der Waals surface area contributed by atoms with Crippen molar-refractivity contribution in [1.82, 2.24) is 4.90 Å². The molecule has 0 N–H and O–H groups in total. The summed E-state index contributed by atoms with van der Waals surface area (Å²) < 4.78 is 4.76. The Balaban J connectivity index is 1.74. The van der Waals surface area contributed by atoms with Crippen molar-refractivity contribution in [3.05, 3.63) is 70.8 Å². The lowest BCUT2D eigenvalue weighted by Crippen LogP contribution is -2.35. The van der Waals surface area contributed by atoms with E-state index in [-0.39, 0.29) is 5.97 Å². The molecule has 0 spiro atoms. The molecule has 2 aromatic rings. The van der Waals surface area contributed by atoms with E-state index in [9.17, 15) is 4.79 Å². The number of nitrogens with zero attached hydrogens (tertiary/aromatic N) is 1. The van der Waals surface area contributed by atoms with Gasteiger partial charge >= 0.3 is 5.97 Å². The van der Waals surface area contributed by atoms with Gasteiger partial charge in [0.2, 0.25) is 0 Å². The van der Waals surface area contributed by atoms with E-state index >= 15 is 0 Å². The van der Waals surface area contributed by atoms with E-state index in [4.69, 9.17) is 4.74 Å². The SMILES string of the molecule is COC(=O)c1ccc(CN2CCSCC2c2ccc(C)cc2)cc1. The molecule has 126 valence electrons. The summed E-state index contributed by atoms with van der Waals surface area (Å²) in [5.74, 6) is 2.01. The fourth-order valence-corrected chi connectivity index (χ4v) is 4.18. The Hall–Kier alpha value is -1.78. The molecule has 1 unspecified atom stereocenters. The number of ether oxygens (including phenoxy) is 1. The van der Waals surface area contributed by atoms with Crippen molar-refractivity contribution in [2.75, 3.05) is 25.2 Å². The number of benzene rings is 2. The summed E-state index contributed by atoms with van der Waals surface area (Å²) in [6.07, 6.45) is 0. The zero-order valence-electron chi connectivity index (χ0n) is 14.2. The summed E-state index contributed by atoms with van der Waals surface area (Å²) in [5.41, 5.74) is 4.52. The maximum atomic E-state index is 11.5. The molecule has 0 radical (unpaired) electrons. The number of esters is 1. The molecule has 3 nitrogen and oxygen atoms in total. The minimum absolute atomic E-state index is 0.284. The Bertz CT molecular complexity index is 682. The largest absolute Gasteiger partial charge is 0.465 e. The molecule has 0 aliphatic carbocycles. The molecule has 4 heteroatoms. The smallest absolute Gasteiger partial charge is 0.337 e. The quantitative estimate of drug-likeness (QED) is 0.784. The normalized spacial score (nSPS) is 18.3. The Labute approximate surface area is 148 Å². The van der Waals surface area contributed by atoms with E-state index in [1.165, 1.54) is 29.6 Å². The summed E-state index contributed by atoms with van der Waals surface area (Å²) in [5, 5.41) is 0. The van der Waals surface area contributed by atoms with Crippen molar-refractivity contribution in [3.8, 4) is 0 Å². The van der Waals surface area contributed by atoms with Crippen LogP contribution < -0.4 is 0 Å². The lowest BCUT2D eigenvalue weighted by Gasteiger charge is -2.35. The minimum Gasteiger partial charge on any atom is -0.465 e. The van der Waals surface area contributed by atoms with Gasteiger partial charge in [-0.15, -0.1) is 0 Å². The van der Waals surface area contributed by atoms with Gasteiger partial charge in [0.15, 0.2) is 0 Å². The Kier molecular flexibility index (Phi) is 5.59. The van der Waals surface area contributed by atoms with Gasteiger partial charge in [0, 0.05) is 30.6 Å². The standard InChI is InChI=1S/C20H23NO2S/c1-15-3-7-17(8-4-15)19-14-24-12-11-21(19)13-16-5-9-18(10-6-16)20(22)23-2/h3-10,19H,11-14H2,1-2H3. The maximum absolute atomic E-state index is 11.5. The second-order valence-electron chi connectivity index (χ2n) is 6.16. The Morgan fingerprint density at radius 3 is 2.54 bits per heavy atom. The molecule has 24 heavy (non-hydrogen) atoms. The molecule has 1 fully saturated rings. The van der Waals surface area contributed by atoms with Crippen molar-refractivity contribution >= 4 is 17.7 Å². The van der Waals surface area contributed by atoms with Crippen LogP contribution in [0.25, 0.3) is 0 Å². The lowest BCUT2D eigenvalue weighted by molar-refractivity contribution is 0.0600. The Morgan fingerprint density at radius 1 is 1.17 bits per heavy atom. The average molecular weight is 341 g/mol. The van der Waals surface area contributed by atoms with E-state index in [1.54, 1.807) is 0 Å². The van der Waals surface area contributed by atoms with Crippen LogP contribution >= 0.6 is 11.8 Å². The van der Waals surface area contributed by atoms with Crippen molar-refractivity contribution in [3.63, 3.8) is 0 Å². The van der Waals surface area contributed by atoms with E-state index in [0.717, 1.165) is 18.8 Å². The fourth-order valence-electron chi connectivity index (χ4n) is 3.02. The summed E-state index contributed by atoms with van der Waals surface area (Å²) in [7, 11) is 1.41. The molecule has 0 bridgehead atoms. The van der Waals surface area contributed by atoms with Gasteiger partial charge in [-0.05, 0) is 30.2 Å². The predicted octanol–water partition coefficient (Wildman–Crippen LogP) is 4.07. The summed E-state index contributed by atoms with van der Waals surface area (Å²) in [4.78, 5) is 14.1. The van der Waals surface area contributed by atoms with Crippen LogP contribution in [0.5, 0.6) is 0 Å². The minimum atomic E-state index is -0.284. The van der Waals surface area contributed by atoms with Gasteiger partial charge in [-0.1, -0.05) is 42.0 Å². The van der Waals surface area contributed by atoms with E-state index in [0.29, 0.717) is 11.6 Å². The molecular formula is C20H23NO2S. The zero-order chi connectivity index (χ0) is 16.9. The van der Waals surface area contributed by atoms with E-state index < -0.39 is 0 Å². The van der Waals surface area contributed by atoms with Gasteiger partial charge in [0.05, 0.1) is 12.7 Å². The van der Waals surface area contributed by atoms with Crippen LogP contribution in [-0.2, 0) is 11.3 Å². The highest BCUT2D eigenvalue weighted by Gasteiger charge is 2.24. The van der Waals surface area contributed by atoms with E-state index in [2.05, 4.69) is 36.1 Å². The molecule has 1 saturated heterocycles. The highest BCUT2D eigenvalue weighted by molar-refractivity contribution is 7.99. The molecule has 0 amide bonds. The molecular weight excluding hydrogens is 318 g/mol. The number of thioether (sulfide) groups is 1. The number of carbonyl (C=O) groups excluding carboxylic acids is 1. The number of aryl methyl sites for hydroxylation is 1. The van der Waals surface area contributed by atoms with Crippen LogP contribution in [0.4, 0.5) is 0 Å². The number of carbonyl (C=O) groups is 1. The van der Waals surface area contributed by atoms with Gasteiger partial charge in [-0.3, -0.25) is 4.90 Å². The van der Waals surface area contributed by atoms with Crippen LogP contribution in [-0.4, -0.2) is 36.0 Å². The zero-order valence-corrected chi connectivity index (χ0v) is 15.0. The average Bonchev–Trinajstić information content (AvgIpc) is 2.63. The van der Waals surface area contributed by atoms with Crippen molar-refractivity contribution in [2.24, 2.45) is 0 Å². The summed E-state index contributed by atoms with van der Waals surface area (Å²) in [6, 6.07) is 17.1. The molecule has 1 aliphatic rings. The predicted molar refractivity (Wildman–Crippen MR) is 99.4 cm³/mol. The third kappa shape index (κ3) is 4.00. The van der Waals surface area contributed by atoms with Gasteiger partial charge in [0.25, 0.3) is 0 Å². The third-order valence-electron chi connectivity index (χ3n) is 4.46. The van der Waals surface area contributed by atoms with Crippen LogP contribution in [0.15, 0.2) is 48.5 Å². The van der Waals surface area contributed by atoms with Gasteiger partial charge in [0.1, 0.15) is 0 Å². The first-order valence-corrected chi connectivity index (χ1v) is 9.38. The monoisotopic (exact) mass is 341 g/mol. The molecule has 0 aromatic heterocycles. The Morgan fingerprint density at radius 2 is 1.88 bits per heavy atom. The molecule has 0 saturated carbocycles. The van der Waals surface area contributed by atoms with Crippen LogP contribution in [0.3, 0.4) is 0 Å². The molecule has 1 heterocycles. The summed E-state index contributed by atoms with van der Waals surface area (Å²) >= 11 is 2.02. The maximum Gasteiger partial charge on any atom is 0.337 e. The number of rotatable bonds is 4. The van der Waals surface area contributed by atoms with Crippen molar-refractivity contribution in [2.45, 2.75) is 19.5 Å². The number of hydrogen-bond acceptors (Lipinski definition) is 4. The molecule has 1 atom stereocenters. The van der Waals surface area contributed by atoms with E-state index in [1.807, 2.05) is 36.0 Å². The molecule has 1 aliphatic heterocycles. The topological polar surface area (TPSA) is 29.5 Å². The molecule has 3 rings (SSSR count). The summed E-state index contributed by atoms with van der Waals surface area (Å²) in [6.45, 7) is 4.11. The van der Waals surface area contributed by atoms with Gasteiger partial charge < -0.3 is 4.74 Å². The third-order valence-corrected chi connectivity index (χ3v) is 5.48. The first kappa shape index (κ1) is 17.1. The van der Waals surface area contributed by atoms with Gasteiger partial charge in [-0.25, -0.2) is 4.79 Å². The fraction of sp³-hybridized carbons (Fsp3) is 0.350. The highest BCUT2D eigenvalue weighted by atomic mass is 32.2. The lowest BCUT2D eigenvalue weighted by atomic mass is 10.0. The number of hydrogen-bond donors (Lipinski definition) is 0. The molecule has 2 aromatic carbocycles. The van der Waals surface area contributed by atoms with Crippen molar-refractivity contribution < 1.29 is 9.53 Å². The van der Waals surface area contributed by atoms with Crippen LogP contribution in [0, 0.1) is 6.92 Å². The van der Waals surface area contributed by atoms with Crippen LogP contribution in [0.2, 0.25) is 0 Å². The van der Waals surface area contributed by atoms with Crippen molar-refractivity contribution in [1.29, 1.82) is 0 Å². The second kappa shape index (κ2) is 7.86.